The van der Waals surface area contributed by atoms with Crippen LogP contribution in [-0.4, -0.2) is 34.6 Å². The lowest BCUT2D eigenvalue weighted by Gasteiger charge is -2.43. The maximum atomic E-state index is 14.0. The highest BCUT2D eigenvalue weighted by Gasteiger charge is 2.69. The Morgan fingerprint density at radius 3 is 2.54 bits per heavy atom. The van der Waals surface area contributed by atoms with Crippen molar-refractivity contribution in [3.63, 3.8) is 0 Å². The standard InChI is InChI=1S/C34H27BrClN3O5S2/c1-15-4-2-3-5-22(15)37-24(40)14-44-23-11-6-16(35)12-19(23)25-26-20-13-21(29(26)45-31-30(25)46-34(43)38-31)28-27(20)32(41)39(33(28)42)18-9-7-17(36)8-10-18/h2-12,20-21,25-29H,13-14H2,1H3,(H,37,40)(H,38,43)/t20-,21-,25-,26?,27?,28?,29?/m1/s1. The van der Waals surface area contributed by atoms with E-state index in [1.165, 1.54) is 16.2 Å². The number of amides is 3. The number of aromatic amines is 1. The summed E-state index contributed by atoms with van der Waals surface area (Å²) < 4.78 is 7.05. The fraction of sp³-hybridized carbons (Fsp3) is 0.294. The summed E-state index contributed by atoms with van der Waals surface area (Å²) >= 11 is 12.5. The zero-order valence-corrected chi connectivity index (χ0v) is 28.3. The van der Waals surface area contributed by atoms with Crippen LogP contribution < -0.4 is 19.8 Å². The van der Waals surface area contributed by atoms with Crippen LogP contribution in [0.25, 0.3) is 0 Å². The molecule has 0 radical (unpaired) electrons. The van der Waals surface area contributed by atoms with Crippen LogP contribution in [0.15, 0.2) is 81.0 Å². The zero-order chi connectivity index (χ0) is 31.9. The number of benzene rings is 3. The molecule has 2 aliphatic heterocycles. The van der Waals surface area contributed by atoms with Crippen LogP contribution in [0, 0.1) is 36.5 Å². The summed E-state index contributed by atoms with van der Waals surface area (Å²) in [5.74, 6) is -1.27. The Kier molecular flexibility index (Phi) is 7.43. The first-order chi connectivity index (χ1) is 22.2. The molecule has 8 nitrogen and oxygen atoms in total. The minimum absolute atomic E-state index is 0.0189. The van der Waals surface area contributed by atoms with Crippen molar-refractivity contribution in [2.24, 2.45) is 29.6 Å². The number of H-pyrrole nitrogens is 1. The summed E-state index contributed by atoms with van der Waals surface area (Å²) in [5, 5.41) is 4.28. The monoisotopic (exact) mass is 735 g/mol. The van der Waals surface area contributed by atoms with Crippen LogP contribution >= 0.6 is 50.6 Å². The maximum absolute atomic E-state index is 14.0. The van der Waals surface area contributed by atoms with E-state index >= 15 is 0 Å². The number of para-hydroxylation sites is 1. The van der Waals surface area contributed by atoms with Gasteiger partial charge in [0.1, 0.15) is 5.75 Å². The van der Waals surface area contributed by atoms with Crippen molar-refractivity contribution in [2.75, 3.05) is 16.8 Å². The van der Waals surface area contributed by atoms with Gasteiger partial charge < -0.3 is 15.0 Å². The Hall–Kier alpha value is -3.38. The number of nitrogens with one attached hydrogen (secondary N) is 2. The molecule has 7 atom stereocenters. The lowest BCUT2D eigenvalue weighted by Crippen LogP contribution is -2.42. The minimum Gasteiger partial charge on any atom is -0.483 e. The van der Waals surface area contributed by atoms with Crippen molar-refractivity contribution in [2.45, 2.75) is 29.5 Å². The van der Waals surface area contributed by atoms with E-state index in [4.69, 9.17) is 16.3 Å². The van der Waals surface area contributed by atoms with Gasteiger partial charge in [-0.05, 0) is 85.2 Å². The Labute approximate surface area is 286 Å². The molecular weight excluding hydrogens is 710 g/mol. The van der Waals surface area contributed by atoms with Gasteiger partial charge in [0.15, 0.2) is 6.61 Å². The van der Waals surface area contributed by atoms with Crippen LogP contribution in [0.5, 0.6) is 5.75 Å². The predicted octanol–water partition coefficient (Wildman–Crippen LogP) is 6.86. The van der Waals surface area contributed by atoms with Crippen molar-refractivity contribution >= 4 is 79.7 Å². The molecular formula is C34H27BrClN3O5S2. The third-order valence-corrected chi connectivity index (χ3v) is 13.2. The molecule has 3 amide bonds. The number of fused-ring (bicyclic) bond motifs is 9. The number of aryl methyl sites for hydroxylation is 1. The van der Waals surface area contributed by atoms with Gasteiger partial charge in [-0.2, -0.15) is 0 Å². The summed E-state index contributed by atoms with van der Waals surface area (Å²) in [6.07, 6.45) is 0.766. The number of ether oxygens (including phenoxy) is 1. The number of carbonyl (C=O) groups is 3. The van der Waals surface area contributed by atoms with Gasteiger partial charge in [-0.25, -0.2) is 0 Å². The van der Waals surface area contributed by atoms with Crippen molar-refractivity contribution in [1.29, 1.82) is 0 Å². The molecule has 234 valence electrons. The molecule has 12 heteroatoms. The van der Waals surface area contributed by atoms with E-state index < -0.39 is 11.8 Å². The van der Waals surface area contributed by atoms with E-state index in [9.17, 15) is 19.2 Å². The van der Waals surface area contributed by atoms with Gasteiger partial charge in [-0.15, -0.1) is 11.8 Å². The Morgan fingerprint density at radius 2 is 1.78 bits per heavy atom. The quantitative estimate of drug-likeness (QED) is 0.210. The lowest BCUT2D eigenvalue weighted by atomic mass is 9.68. The van der Waals surface area contributed by atoms with Gasteiger partial charge in [0.25, 0.3) is 5.91 Å². The summed E-state index contributed by atoms with van der Waals surface area (Å²) in [5.41, 5.74) is 3.06. The van der Waals surface area contributed by atoms with Crippen molar-refractivity contribution in [3.8, 4) is 5.75 Å². The first-order valence-electron chi connectivity index (χ1n) is 15.0. The first-order valence-corrected chi connectivity index (χ1v) is 17.9. The molecule has 4 aliphatic rings. The van der Waals surface area contributed by atoms with Gasteiger partial charge in [0, 0.05) is 36.8 Å². The number of halogens is 2. The second-order valence-corrected chi connectivity index (χ2v) is 15.8. The molecule has 3 fully saturated rings. The van der Waals surface area contributed by atoms with Gasteiger partial charge in [0.2, 0.25) is 11.8 Å². The Bertz CT molecular complexity index is 1980. The number of imide groups is 1. The summed E-state index contributed by atoms with van der Waals surface area (Å²) in [6, 6.07) is 20.1. The van der Waals surface area contributed by atoms with E-state index in [0.29, 0.717) is 16.5 Å². The second-order valence-electron chi connectivity index (χ2n) is 12.3. The molecule has 2 saturated carbocycles. The second kappa shape index (κ2) is 11.4. The first kappa shape index (κ1) is 30.0. The zero-order valence-electron chi connectivity index (χ0n) is 24.4. The van der Waals surface area contributed by atoms with E-state index in [1.807, 2.05) is 49.4 Å². The van der Waals surface area contributed by atoms with Crippen LogP contribution in [0.1, 0.15) is 28.3 Å². The highest BCUT2D eigenvalue weighted by molar-refractivity contribution is 9.10. The number of hydrogen-bond donors (Lipinski definition) is 2. The van der Waals surface area contributed by atoms with Crippen LogP contribution in [0.4, 0.5) is 11.4 Å². The van der Waals surface area contributed by atoms with E-state index in [2.05, 4.69) is 26.2 Å². The largest absolute Gasteiger partial charge is 0.483 e. The summed E-state index contributed by atoms with van der Waals surface area (Å²) in [4.78, 5) is 58.8. The van der Waals surface area contributed by atoms with E-state index in [1.54, 1.807) is 36.0 Å². The van der Waals surface area contributed by atoms with Gasteiger partial charge in [0.05, 0.1) is 22.5 Å². The molecule has 46 heavy (non-hydrogen) atoms. The average molecular weight is 737 g/mol. The average Bonchev–Trinajstić information content (AvgIpc) is 3.77. The molecule has 8 rings (SSSR count). The summed E-state index contributed by atoms with van der Waals surface area (Å²) in [7, 11) is 0. The SMILES string of the molecule is Cc1ccccc1NC(=O)COc1ccc(Br)cc1[C@H]1c2sc(=O)[nH]c2SC2C1[C@H]1C[C@@H]2C2C(=O)N(c3ccc(Cl)cc3)C(=O)C21. The highest BCUT2D eigenvalue weighted by atomic mass is 79.9. The number of rotatable bonds is 6. The smallest absolute Gasteiger partial charge is 0.305 e. The third-order valence-electron chi connectivity index (χ3n) is 9.89. The fourth-order valence-electron chi connectivity index (χ4n) is 8.15. The number of hydrogen-bond acceptors (Lipinski definition) is 7. The third kappa shape index (κ3) is 4.77. The van der Waals surface area contributed by atoms with Gasteiger partial charge in [-0.1, -0.05) is 57.1 Å². The van der Waals surface area contributed by atoms with Gasteiger partial charge >= 0.3 is 4.87 Å². The molecule has 1 aromatic heterocycles. The van der Waals surface area contributed by atoms with Crippen molar-refractivity contribution in [3.05, 3.63) is 102 Å². The van der Waals surface area contributed by atoms with Gasteiger partial charge in [-0.3, -0.25) is 24.1 Å². The highest BCUT2D eigenvalue weighted by Crippen LogP contribution is 2.69. The molecule has 4 aromatic rings. The molecule has 0 spiro atoms. The number of nitrogens with zero attached hydrogens (tertiary/aromatic N) is 1. The van der Waals surface area contributed by atoms with E-state index in [-0.39, 0.29) is 58.1 Å². The normalized spacial score (nSPS) is 27.4. The van der Waals surface area contributed by atoms with E-state index in [0.717, 1.165) is 37.6 Å². The molecule has 2 N–H and O–H groups in total. The molecule has 4 unspecified atom stereocenters. The Morgan fingerprint density at radius 1 is 1.04 bits per heavy atom. The molecule has 2 bridgehead atoms. The number of anilines is 2. The maximum Gasteiger partial charge on any atom is 0.305 e. The number of thiazole rings is 1. The molecule has 3 heterocycles. The minimum atomic E-state index is -0.439. The molecule has 3 aromatic carbocycles. The van der Waals surface area contributed by atoms with Crippen LogP contribution in [0.3, 0.4) is 0 Å². The number of thioether (sulfide) groups is 1. The summed E-state index contributed by atoms with van der Waals surface area (Å²) in [6.45, 7) is 1.73. The molecule has 1 saturated heterocycles. The fourth-order valence-corrected chi connectivity index (χ4v) is 11.5. The predicted molar refractivity (Wildman–Crippen MR) is 182 cm³/mol. The van der Waals surface area contributed by atoms with Crippen molar-refractivity contribution in [1.82, 2.24) is 4.98 Å². The lowest BCUT2D eigenvalue weighted by molar-refractivity contribution is -0.123. The number of aromatic nitrogens is 1. The van der Waals surface area contributed by atoms with Crippen LogP contribution in [0.2, 0.25) is 5.02 Å². The number of carbonyl (C=O) groups excluding carboxylic acids is 3. The Balaban J connectivity index is 1.15. The van der Waals surface area contributed by atoms with Crippen molar-refractivity contribution < 1.29 is 19.1 Å². The molecule has 2 aliphatic carbocycles. The topological polar surface area (TPSA) is 109 Å². The van der Waals surface area contributed by atoms with Crippen LogP contribution in [-0.2, 0) is 14.4 Å².